The second kappa shape index (κ2) is 8.35. The molecule has 8 nitrogen and oxygen atoms in total. The van der Waals surface area contributed by atoms with Crippen molar-refractivity contribution in [3.63, 3.8) is 0 Å². The predicted octanol–water partition coefficient (Wildman–Crippen LogP) is 3.91. The van der Waals surface area contributed by atoms with Crippen LogP contribution in [0.15, 0.2) is 47.6 Å². The van der Waals surface area contributed by atoms with Gasteiger partial charge in [-0.05, 0) is 44.0 Å². The van der Waals surface area contributed by atoms with Gasteiger partial charge in [-0.3, -0.25) is 14.4 Å². The number of halogens is 1. The molecular weight excluding hydrogens is 440 g/mol. The molecule has 0 unspecified atom stereocenters. The van der Waals surface area contributed by atoms with Crippen molar-refractivity contribution in [3.8, 4) is 0 Å². The largest absolute Gasteiger partial charge is 0.381 e. The predicted molar refractivity (Wildman–Crippen MR) is 130 cm³/mol. The van der Waals surface area contributed by atoms with Crippen molar-refractivity contribution in [1.82, 2.24) is 14.7 Å². The summed E-state index contributed by atoms with van der Waals surface area (Å²) in [5.41, 5.74) is 8.81. The number of ether oxygens (including phenoxy) is 1. The van der Waals surface area contributed by atoms with E-state index in [4.69, 9.17) is 27.1 Å². The summed E-state index contributed by atoms with van der Waals surface area (Å²) in [4.78, 5) is 19.6. The van der Waals surface area contributed by atoms with Gasteiger partial charge in [0.1, 0.15) is 0 Å². The highest BCUT2D eigenvalue weighted by Gasteiger charge is 2.41. The number of aliphatic imine (C=N–C) groups is 1. The molecule has 1 atom stereocenters. The third-order valence-electron chi connectivity index (χ3n) is 6.41. The zero-order valence-electron chi connectivity index (χ0n) is 18.7. The van der Waals surface area contributed by atoms with Gasteiger partial charge in [0.25, 0.3) is 0 Å². The number of amides is 1. The number of carbonyl (C=O) groups excluding carboxylic acids is 1. The molecule has 3 N–H and O–H groups in total. The first-order valence-electron chi connectivity index (χ1n) is 11.1. The minimum Gasteiger partial charge on any atom is -0.381 e. The number of nitrogens with zero attached hydrogens (tertiary/aromatic N) is 4. The Hall–Kier alpha value is -3.10. The molecule has 172 valence electrons. The molecule has 2 aromatic carbocycles. The zero-order valence-corrected chi connectivity index (χ0v) is 19.5. The molecule has 33 heavy (non-hydrogen) atoms. The SMILES string of the molecule is Cn1cc2cc(Nc3cccc([C@]4(C)CC(=O)N(C5CCOCC5)C(N)=N4)c3Cl)ccc2n1. The molecule has 0 spiro atoms. The molecule has 0 radical (unpaired) electrons. The second-order valence-electron chi connectivity index (χ2n) is 8.90. The first-order valence-corrected chi connectivity index (χ1v) is 11.5. The molecule has 1 amide bonds. The fourth-order valence-electron chi connectivity index (χ4n) is 4.77. The monoisotopic (exact) mass is 466 g/mol. The van der Waals surface area contributed by atoms with E-state index in [0.717, 1.165) is 40.7 Å². The van der Waals surface area contributed by atoms with Gasteiger partial charge in [-0.15, -0.1) is 0 Å². The fraction of sp³-hybridized carbons (Fsp3) is 0.375. The Morgan fingerprint density at radius 3 is 2.79 bits per heavy atom. The highest BCUT2D eigenvalue weighted by molar-refractivity contribution is 6.34. The molecule has 5 rings (SSSR count). The molecule has 1 aromatic heterocycles. The first kappa shape index (κ1) is 21.7. The summed E-state index contributed by atoms with van der Waals surface area (Å²) in [6, 6.07) is 11.7. The van der Waals surface area contributed by atoms with E-state index >= 15 is 0 Å². The van der Waals surface area contributed by atoms with E-state index in [2.05, 4.69) is 10.4 Å². The Morgan fingerprint density at radius 2 is 2.03 bits per heavy atom. The van der Waals surface area contributed by atoms with Crippen molar-refractivity contribution < 1.29 is 9.53 Å². The average molecular weight is 467 g/mol. The van der Waals surface area contributed by atoms with Crippen LogP contribution in [0.2, 0.25) is 5.02 Å². The highest BCUT2D eigenvalue weighted by atomic mass is 35.5. The number of benzene rings is 2. The van der Waals surface area contributed by atoms with Crippen molar-refractivity contribution >= 4 is 45.7 Å². The fourth-order valence-corrected chi connectivity index (χ4v) is 5.15. The molecule has 1 fully saturated rings. The van der Waals surface area contributed by atoms with E-state index in [-0.39, 0.29) is 24.3 Å². The number of nitrogens with two attached hydrogens (primary N) is 1. The van der Waals surface area contributed by atoms with Gasteiger partial charge in [0.2, 0.25) is 5.91 Å². The van der Waals surface area contributed by atoms with Crippen molar-refractivity contribution in [1.29, 1.82) is 0 Å². The van der Waals surface area contributed by atoms with Crippen LogP contribution in [0.5, 0.6) is 0 Å². The zero-order chi connectivity index (χ0) is 23.2. The van der Waals surface area contributed by atoms with Crippen LogP contribution in [0.1, 0.15) is 31.7 Å². The molecular formula is C24H27ClN6O2. The smallest absolute Gasteiger partial charge is 0.232 e. The van der Waals surface area contributed by atoms with Crippen LogP contribution in [-0.4, -0.2) is 45.8 Å². The van der Waals surface area contributed by atoms with Crippen molar-refractivity contribution in [2.45, 2.75) is 37.8 Å². The number of hydrogen-bond acceptors (Lipinski definition) is 6. The third-order valence-corrected chi connectivity index (χ3v) is 6.81. The van der Waals surface area contributed by atoms with Gasteiger partial charge < -0.3 is 15.8 Å². The number of aryl methyl sites for hydroxylation is 1. The highest BCUT2D eigenvalue weighted by Crippen LogP contribution is 2.41. The van der Waals surface area contributed by atoms with Crippen molar-refractivity contribution in [2.24, 2.45) is 17.8 Å². The van der Waals surface area contributed by atoms with Gasteiger partial charge in [-0.2, -0.15) is 5.10 Å². The maximum absolute atomic E-state index is 13.2. The van der Waals surface area contributed by atoms with Crippen LogP contribution >= 0.6 is 11.6 Å². The summed E-state index contributed by atoms with van der Waals surface area (Å²) < 4.78 is 7.21. The lowest BCUT2D eigenvalue weighted by Gasteiger charge is -2.40. The number of carbonyl (C=O) groups is 1. The van der Waals surface area contributed by atoms with Crippen LogP contribution in [0.25, 0.3) is 10.9 Å². The standard InChI is InChI=1S/C24H27ClN6O2/c1-24(13-21(32)31(23(26)28-24)17-8-10-33-11-9-17)18-4-3-5-20(22(18)25)27-16-6-7-19-15(12-16)14-30(2)29-19/h3-7,12,14,17,27H,8-11,13H2,1-2H3,(H2,26,28)/t24-/m0/s1. The number of aromatic nitrogens is 2. The van der Waals surface area contributed by atoms with Crippen molar-refractivity contribution in [3.05, 3.63) is 53.2 Å². The number of anilines is 2. The number of rotatable bonds is 4. The lowest BCUT2D eigenvalue weighted by molar-refractivity contribution is -0.132. The maximum atomic E-state index is 13.2. The lowest BCUT2D eigenvalue weighted by atomic mass is 9.86. The first-order chi connectivity index (χ1) is 15.8. The van der Waals surface area contributed by atoms with E-state index < -0.39 is 5.54 Å². The Bertz CT molecular complexity index is 1250. The van der Waals surface area contributed by atoms with Gasteiger partial charge in [0.05, 0.1) is 28.2 Å². The number of hydrogen-bond donors (Lipinski definition) is 2. The van der Waals surface area contributed by atoms with Crippen LogP contribution in [0, 0.1) is 0 Å². The summed E-state index contributed by atoms with van der Waals surface area (Å²) in [5.74, 6) is 0.213. The lowest BCUT2D eigenvalue weighted by Crippen LogP contribution is -2.55. The van der Waals surface area contributed by atoms with Gasteiger partial charge in [-0.25, -0.2) is 4.99 Å². The summed E-state index contributed by atoms with van der Waals surface area (Å²) in [6.07, 6.45) is 3.70. The Kier molecular flexibility index (Phi) is 5.50. The Morgan fingerprint density at radius 1 is 1.24 bits per heavy atom. The summed E-state index contributed by atoms with van der Waals surface area (Å²) in [6.45, 7) is 3.17. The van der Waals surface area contributed by atoms with Crippen LogP contribution in [0.4, 0.5) is 11.4 Å². The third kappa shape index (κ3) is 4.05. The molecule has 9 heteroatoms. The summed E-state index contributed by atoms with van der Waals surface area (Å²) in [5, 5.41) is 9.36. The molecule has 3 aromatic rings. The number of fused-ring (bicyclic) bond motifs is 1. The van der Waals surface area contributed by atoms with E-state index in [9.17, 15) is 4.79 Å². The van der Waals surface area contributed by atoms with E-state index in [1.54, 1.807) is 9.58 Å². The quantitative estimate of drug-likeness (QED) is 0.607. The summed E-state index contributed by atoms with van der Waals surface area (Å²) in [7, 11) is 1.90. The normalized spacial score (nSPS) is 22.0. The van der Waals surface area contributed by atoms with Crippen molar-refractivity contribution in [2.75, 3.05) is 18.5 Å². The second-order valence-corrected chi connectivity index (χ2v) is 9.27. The molecule has 2 aliphatic heterocycles. The van der Waals surface area contributed by atoms with E-state index in [0.29, 0.717) is 18.2 Å². The molecule has 0 aliphatic carbocycles. The van der Waals surface area contributed by atoms with Gasteiger partial charge in [0, 0.05) is 49.1 Å². The number of guanidine groups is 1. The Labute approximate surface area is 197 Å². The van der Waals surface area contributed by atoms with E-state index in [1.165, 1.54) is 0 Å². The minimum atomic E-state index is -0.842. The van der Waals surface area contributed by atoms with Gasteiger partial charge in [0.15, 0.2) is 5.96 Å². The molecule has 1 saturated heterocycles. The molecule has 0 saturated carbocycles. The van der Waals surface area contributed by atoms with Crippen LogP contribution in [-0.2, 0) is 22.1 Å². The Balaban J connectivity index is 1.45. The van der Waals surface area contributed by atoms with E-state index in [1.807, 2.05) is 56.6 Å². The van der Waals surface area contributed by atoms with Gasteiger partial charge in [-0.1, -0.05) is 23.7 Å². The molecule has 3 heterocycles. The van der Waals surface area contributed by atoms with Gasteiger partial charge >= 0.3 is 0 Å². The van der Waals surface area contributed by atoms with Crippen LogP contribution < -0.4 is 11.1 Å². The van der Waals surface area contributed by atoms with Crippen LogP contribution in [0.3, 0.4) is 0 Å². The average Bonchev–Trinajstić information content (AvgIpc) is 3.14. The topological polar surface area (TPSA) is 97.8 Å². The minimum absolute atomic E-state index is 0.0328. The number of nitrogens with one attached hydrogen (secondary N) is 1. The maximum Gasteiger partial charge on any atom is 0.232 e. The summed E-state index contributed by atoms with van der Waals surface area (Å²) >= 11 is 6.85. The molecule has 2 aliphatic rings. The molecule has 0 bridgehead atoms.